The molecule has 13 heavy (non-hydrogen) atoms. The minimum atomic E-state index is -0.537. The Bertz CT molecular complexity index is 131. The Hall–Kier alpha value is 0.263. The SMILES string of the molecule is [NH-]C(=O)CCS.[NH-]C(=O)CCS.[Zn+2]. The first-order valence-corrected chi connectivity index (χ1v) is 4.51. The number of carbonyl (C=O) groups is 2. The standard InChI is InChI=1S/2C3H7NOS.Zn/c2*4-3(5)1-2-6;/h2*1-2H2,(H3,4,5,6);/q;;+2/p-2. The molecule has 0 bridgehead atoms. The summed E-state index contributed by atoms with van der Waals surface area (Å²) in [5.41, 5.74) is 12.6. The summed E-state index contributed by atoms with van der Waals surface area (Å²) < 4.78 is 0. The summed E-state index contributed by atoms with van der Waals surface area (Å²) in [5.74, 6) is -0.0972. The van der Waals surface area contributed by atoms with E-state index in [1.165, 1.54) is 0 Å². The largest absolute Gasteiger partial charge is 2.00 e. The molecule has 0 aromatic heterocycles. The van der Waals surface area contributed by atoms with E-state index in [-0.39, 0.29) is 32.3 Å². The van der Waals surface area contributed by atoms with Crippen molar-refractivity contribution in [1.82, 2.24) is 0 Å². The third kappa shape index (κ3) is 32.9. The second-order valence-corrected chi connectivity index (χ2v) is 2.69. The van der Waals surface area contributed by atoms with Crippen molar-refractivity contribution in [3.63, 3.8) is 0 Å². The molecule has 0 aliphatic carbocycles. The first-order chi connectivity index (χ1) is 5.54. The molecule has 0 fully saturated rings. The topological polar surface area (TPSA) is 81.7 Å². The van der Waals surface area contributed by atoms with Gasteiger partial charge in [0.15, 0.2) is 0 Å². The second kappa shape index (κ2) is 14.8. The molecule has 0 heterocycles. The smallest absolute Gasteiger partial charge is 0.668 e. The quantitative estimate of drug-likeness (QED) is 0.604. The minimum absolute atomic E-state index is 0. The van der Waals surface area contributed by atoms with Crippen LogP contribution in [0.3, 0.4) is 0 Å². The Labute approximate surface area is 102 Å². The van der Waals surface area contributed by atoms with Gasteiger partial charge in [0.05, 0.1) is 0 Å². The van der Waals surface area contributed by atoms with Crippen LogP contribution in [-0.2, 0) is 29.1 Å². The van der Waals surface area contributed by atoms with Gasteiger partial charge in [-0.3, -0.25) is 0 Å². The average molecular weight is 274 g/mol. The van der Waals surface area contributed by atoms with Gasteiger partial charge in [-0.05, 0) is 24.3 Å². The molecule has 2 N–H and O–H groups in total. The van der Waals surface area contributed by atoms with Crippen LogP contribution in [0, 0.1) is 0 Å². The molecule has 0 radical (unpaired) electrons. The van der Waals surface area contributed by atoms with Crippen LogP contribution in [0.4, 0.5) is 0 Å². The maximum Gasteiger partial charge on any atom is 2.00 e. The number of thiol groups is 2. The fourth-order valence-corrected chi connectivity index (χ4v) is 0.609. The van der Waals surface area contributed by atoms with E-state index < -0.39 is 11.8 Å². The Morgan fingerprint density at radius 3 is 1.15 bits per heavy atom. The minimum Gasteiger partial charge on any atom is -0.668 e. The molecule has 0 unspecified atom stereocenters. The third-order valence-electron chi connectivity index (χ3n) is 0.678. The van der Waals surface area contributed by atoms with E-state index in [0.717, 1.165) is 0 Å². The van der Waals surface area contributed by atoms with E-state index in [4.69, 9.17) is 11.5 Å². The molecular weight excluding hydrogens is 262 g/mol. The van der Waals surface area contributed by atoms with E-state index in [1.54, 1.807) is 0 Å². The molecule has 0 aliphatic heterocycles. The van der Waals surface area contributed by atoms with Gasteiger partial charge in [-0.2, -0.15) is 25.3 Å². The Balaban J connectivity index is -0.000000143. The first-order valence-electron chi connectivity index (χ1n) is 3.25. The van der Waals surface area contributed by atoms with Gasteiger partial charge < -0.3 is 21.1 Å². The third-order valence-corrected chi connectivity index (χ3v) is 1.12. The number of hydrogen-bond acceptors (Lipinski definition) is 4. The van der Waals surface area contributed by atoms with Gasteiger partial charge in [-0.25, -0.2) is 0 Å². The molecule has 0 aliphatic rings. The van der Waals surface area contributed by atoms with Gasteiger partial charge in [-0.15, -0.1) is 0 Å². The van der Waals surface area contributed by atoms with Crippen molar-refractivity contribution < 1.29 is 29.1 Å². The maximum absolute atomic E-state index is 9.66. The van der Waals surface area contributed by atoms with Gasteiger partial charge in [0, 0.05) is 11.8 Å². The Kier molecular flexibility index (Phi) is 21.5. The van der Waals surface area contributed by atoms with Gasteiger partial charge in [-0.1, -0.05) is 0 Å². The molecule has 0 atom stereocenters. The Morgan fingerprint density at radius 2 is 1.15 bits per heavy atom. The molecule has 7 heteroatoms. The summed E-state index contributed by atoms with van der Waals surface area (Å²) in [6.07, 6.45) is 0.534. The van der Waals surface area contributed by atoms with E-state index >= 15 is 0 Å². The van der Waals surface area contributed by atoms with Crippen molar-refractivity contribution in [2.45, 2.75) is 12.8 Å². The van der Waals surface area contributed by atoms with Gasteiger partial charge >= 0.3 is 19.5 Å². The summed E-state index contributed by atoms with van der Waals surface area (Å²) in [4.78, 5) is 19.3. The molecule has 72 valence electrons. The van der Waals surface area contributed by atoms with Gasteiger partial charge in [0.1, 0.15) is 0 Å². The summed E-state index contributed by atoms with van der Waals surface area (Å²) in [6, 6.07) is 0. The zero-order valence-corrected chi connectivity index (χ0v) is 12.0. The first kappa shape index (κ1) is 18.9. The van der Waals surface area contributed by atoms with Crippen LogP contribution in [0.1, 0.15) is 12.8 Å². The molecule has 0 saturated carbocycles. The molecule has 4 nitrogen and oxygen atoms in total. The summed E-state index contributed by atoms with van der Waals surface area (Å²) in [7, 11) is 0. The van der Waals surface area contributed by atoms with Crippen LogP contribution in [0.2, 0.25) is 0 Å². The predicted octanol–water partition coefficient (Wildman–Crippen LogP) is 1.77. The van der Waals surface area contributed by atoms with E-state index in [0.29, 0.717) is 11.5 Å². The van der Waals surface area contributed by atoms with Crippen molar-refractivity contribution in [2.75, 3.05) is 11.5 Å². The molecule has 0 aromatic rings. The fraction of sp³-hybridized carbons (Fsp3) is 0.667. The normalized spacial score (nSPS) is 7.54. The predicted molar refractivity (Wildman–Crippen MR) is 55.6 cm³/mol. The van der Waals surface area contributed by atoms with Crippen LogP contribution in [-0.4, -0.2) is 23.3 Å². The van der Waals surface area contributed by atoms with Crippen LogP contribution >= 0.6 is 25.3 Å². The zero-order valence-electron chi connectivity index (χ0n) is 7.25. The molecule has 0 spiro atoms. The number of amides is 2. The average Bonchev–Trinajstić information content (AvgIpc) is 1.87. The van der Waals surface area contributed by atoms with Gasteiger partial charge in [0.2, 0.25) is 0 Å². The van der Waals surface area contributed by atoms with Crippen molar-refractivity contribution in [1.29, 1.82) is 0 Å². The fourth-order valence-electron chi connectivity index (χ4n) is 0.203. The summed E-state index contributed by atoms with van der Waals surface area (Å²) >= 11 is 7.44. The molecule has 2 amide bonds. The maximum atomic E-state index is 9.66. The van der Waals surface area contributed by atoms with E-state index in [1.807, 2.05) is 0 Å². The van der Waals surface area contributed by atoms with Crippen molar-refractivity contribution in [3.05, 3.63) is 11.5 Å². The van der Waals surface area contributed by atoms with Crippen LogP contribution in [0.5, 0.6) is 0 Å². The molecule has 0 saturated heterocycles. The summed E-state index contributed by atoms with van der Waals surface area (Å²) in [5, 5.41) is 0. The van der Waals surface area contributed by atoms with Crippen molar-refractivity contribution >= 4 is 37.1 Å². The number of hydrogen-bond donors (Lipinski definition) is 2. The van der Waals surface area contributed by atoms with Crippen molar-refractivity contribution in [2.24, 2.45) is 0 Å². The summed E-state index contributed by atoms with van der Waals surface area (Å²) in [6.45, 7) is 0. The number of nitrogens with one attached hydrogen (secondary N) is 2. The number of carbonyl (C=O) groups excluding carboxylic acids is 2. The van der Waals surface area contributed by atoms with Gasteiger partial charge in [0.25, 0.3) is 0 Å². The van der Waals surface area contributed by atoms with Crippen LogP contribution in [0.15, 0.2) is 0 Å². The monoisotopic (exact) mass is 272 g/mol. The zero-order chi connectivity index (χ0) is 9.98. The second-order valence-electron chi connectivity index (χ2n) is 1.79. The molecule has 0 rings (SSSR count). The van der Waals surface area contributed by atoms with Crippen LogP contribution < -0.4 is 0 Å². The number of rotatable bonds is 4. The van der Waals surface area contributed by atoms with E-state index in [2.05, 4.69) is 25.3 Å². The molecule has 0 aromatic carbocycles. The van der Waals surface area contributed by atoms with Crippen LogP contribution in [0.25, 0.3) is 11.5 Å². The van der Waals surface area contributed by atoms with E-state index in [9.17, 15) is 9.59 Å². The Morgan fingerprint density at radius 1 is 0.923 bits per heavy atom. The van der Waals surface area contributed by atoms with Crippen molar-refractivity contribution in [3.8, 4) is 0 Å². The molecular formula is C6H12N2O2S2Zn.